The van der Waals surface area contributed by atoms with Gasteiger partial charge in [0.15, 0.2) is 0 Å². The second-order valence-corrected chi connectivity index (χ2v) is 12.2. The van der Waals surface area contributed by atoms with Crippen LogP contribution in [0.2, 0.25) is 0 Å². The summed E-state index contributed by atoms with van der Waals surface area (Å²) >= 11 is 0. The van der Waals surface area contributed by atoms with E-state index < -0.39 is 0 Å². The maximum atomic E-state index is 2.48. The molecule has 3 heterocycles. The summed E-state index contributed by atoms with van der Waals surface area (Å²) in [6.45, 7) is 0. The summed E-state index contributed by atoms with van der Waals surface area (Å²) in [5.74, 6) is 0. The Bertz CT molecular complexity index is 2640. The van der Waals surface area contributed by atoms with Crippen LogP contribution in [0.5, 0.6) is 0 Å². The quantitative estimate of drug-likeness (QED) is 0.196. The first-order valence-corrected chi connectivity index (χ1v) is 15.9. The first kappa shape index (κ1) is 25.3. The number of nitrogens with zero attached hydrogens (tertiary/aromatic N) is 3. The number of anilines is 2. The standard InChI is InChI=1S/C43H29N3/c1-44-41-33(26-27-39-40(41)36-21-11-13-23-38(36)45(39)28-14-4-2-5-15-28)30-18-8-9-19-31(30)34-24-25-35-32-20-10-12-22-37(32)46(43(35)42(34)44)29-16-6-3-7-17-29/h2-27H,1H3. The highest BCUT2D eigenvalue weighted by Crippen LogP contribution is 2.54. The van der Waals surface area contributed by atoms with Crippen LogP contribution >= 0.6 is 0 Å². The Balaban J connectivity index is 1.42. The number of fused-ring (bicyclic) bond motifs is 13. The van der Waals surface area contributed by atoms with E-state index in [1.807, 2.05) is 0 Å². The number of benzene rings is 7. The maximum absolute atomic E-state index is 2.48. The van der Waals surface area contributed by atoms with Gasteiger partial charge in [0.1, 0.15) is 0 Å². The lowest BCUT2D eigenvalue weighted by molar-refractivity contribution is 1.15. The molecule has 0 saturated heterocycles. The van der Waals surface area contributed by atoms with Gasteiger partial charge in [-0.15, -0.1) is 0 Å². The molecule has 10 rings (SSSR count). The normalized spacial score (nSPS) is 12.4. The molecule has 0 N–H and O–H groups in total. The summed E-state index contributed by atoms with van der Waals surface area (Å²) in [4.78, 5) is 2.48. The van der Waals surface area contributed by atoms with Crippen LogP contribution in [-0.2, 0) is 0 Å². The van der Waals surface area contributed by atoms with E-state index in [-0.39, 0.29) is 0 Å². The van der Waals surface area contributed by atoms with Crippen molar-refractivity contribution in [3.63, 3.8) is 0 Å². The van der Waals surface area contributed by atoms with Crippen LogP contribution in [0.25, 0.3) is 77.2 Å². The Morgan fingerprint density at radius 1 is 0.348 bits per heavy atom. The molecule has 0 spiro atoms. The van der Waals surface area contributed by atoms with Crippen LogP contribution in [0, 0.1) is 0 Å². The van der Waals surface area contributed by atoms with E-state index in [9.17, 15) is 0 Å². The van der Waals surface area contributed by atoms with Gasteiger partial charge in [0.25, 0.3) is 0 Å². The summed E-state index contributed by atoms with van der Waals surface area (Å²) in [6, 6.07) is 57.4. The van der Waals surface area contributed by atoms with E-state index in [4.69, 9.17) is 0 Å². The van der Waals surface area contributed by atoms with Crippen molar-refractivity contribution in [2.24, 2.45) is 0 Å². The van der Waals surface area contributed by atoms with Crippen LogP contribution in [-0.4, -0.2) is 16.2 Å². The van der Waals surface area contributed by atoms with Gasteiger partial charge in [0, 0.05) is 51.1 Å². The molecule has 1 aliphatic rings. The number of hydrogen-bond donors (Lipinski definition) is 0. The maximum Gasteiger partial charge on any atom is 0.0785 e. The number of aromatic nitrogens is 2. The molecule has 2 aromatic heterocycles. The molecule has 0 unspecified atom stereocenters. The zero-order chi connectivity index (χ0) is 30.4. The second kappa shape index (κ2) is 9.47. The summed E-state index contributed by atoms with van der Waals surface area (Å²) in [5, 5.41) is 5.03. The summed E-state index contributed by atoms with van der Waals surface area (Å²) in [5.41, 5.74) is 14.6. The van der Waals surface area contributed by atoms with Gasteiger partial charge in [-0.2, -0.15) is 0 Å². The third-order valence-electron chi connectivity index (χ3n) is 9.83. The Kier molecular flexibility index (Phi) is 5.20. The Morgan fingerprint density at radius 3 is 1.57 bits per heavy atom. The van der Waals surface area contributed by atoms with Crippen molar-refractivity contribution in [1.29, 1.82) is 0 Å². The fraction of sp³-hybridized carbons (Fsp3) is 0.0233. The first-order valence-electron chi connectivity index (χ1n) is 15.9. The van der Waals surface area contributed by atoms with Crippen LogP contribution in [0.1, 0.15) is 0 Å². The zero-order valence-electron chi connectivity index (χ0n) is 25.4. The zero-order valence-corrected chi connectivity index (χ0v) is 25.4. The predicted molar refractivity (Wildman–Crippen MR) is 194 cm³/mol. The Hall–Kier alpha value is -6.06. The lowest BCUT2D eigenvalue weighted by Crippen LogP contribution is -2.13. The average molecular weight is 588 g/mol. The van der Waals surface area contributed by atoms with Gasteiger partial charge in [0.05, 0.1) is 33.4 Å². The largest absolute Gasteiger partial charge is 0.341 e. The van der Waals surface area contributed by atoms with Gasteiger partial charge >= 0.3 is 0 Å². The molecule has 0 aliphatic carbocycles. The molecule has 46 heavy (non-hydrogen) atoms. The van der Waals surface area contributed by atoms with Crippen molar-refractivity contribution in [1.82, 2.24) is 9.13 Å². The van der Waals surface area contributed by atoms with E-state index in [1.165, 1.54) is 77.2 Å². The van der Waals surface area contributed by atoms with E-state index in [2.05, 4.69) is 179 Å². The van der Waals surface area contributed by atoms with Gasteiger partial charge in [0.2, 0.25) is 0 Å². The van der Waals surface area contributed by atoms with Crippen LogP contribution < -0.4 is 4.90 Å². The topological polar surface area (TPSA) is 13.1 Å². The highest BCUT2D eigenvalue weighted by Gasteiger charge is 2.30. The average Bonchev–Trinajstić information content (AvgIpc) is 3.61. The molecule has 3 nitrogen and oxygen atoms in total. The predicted octanol–water partition coefficient (Wildman–Crippen LogP) is 11.3. The Labute approximate surface area is 266 Å². The Morgan fingerprint density at radius 2 is 0.870 bits per heavy atom. The molecule has 1 aliphatic heterocycles. The minimum atomic E-state index is 1.16. The number of rotatable bonds is 2. The second-order valence-electron chi connectivity index (χ2n) is 12.2. The lowest BCUT2D eigenvalue weighted by atomic mass is 9.93. The fourth-order valence-electron chi connectivity index (χ4n) is 7.97. The van der Waals surface area contributed by atoms with Gasteiger partial charge in [-0.3, -0.25) is 0 Å². The highest BCUT2D eigenvalue weighted by atomic mass is 15.1. The molecule has 3 heteroatoms. The van der Waals surface area contributed by atoms with Crippen molar-refractivity contribution < 1.29 is 0 Å². The minimum Gasteiger partial charge on any atom is -0.341 e. The number of hydrogen-bond acceptors (Lipinski definition) is 1. The molecule has 9 aromatic rings. The SMILES string of the molecule is CN1c2c(ccc3c2c2ccccc2n3-c2ccccc2)-c2ccccc2-c2ccc3c4ccccc4n(-c4ccccc4)c3c21. The molecular weight excluding hydrogens is 558 g/mol. The summed E-state index contributed by atoms with van der Waals surface area (Å²) in [6.07, 6.45) is 0. The van der Waals surface area contributed by atoms with Crippen LogP contribution in [0.4, 0.5) is 11.4 Å². The summed E-state index contributed by atoms with van der Waals surface area (Å²) < 4.78 is 4.87. The van der Waals surface area contributed by atoms with E-state index in [0.717, 1.165) is 11.4 Å². The third kappa shape index (κ3) is 3.32. The lowest BCUT2D eigenvalue weighted by Gasteiger charge is -2.25. The van der Waals surface area contributed by atoms with Crippen molar-refractivity contribution >= 4 is 55.0 Å². The molecule has 0 atom stereocenters. The van der Waals surface area contributed by atoms with Crippen molar-refractivity contribution in [3.05, 3.63) is 158 Å². The van der Waals surface area contributed by atoms with E-state index in [1.54, 1.807) is 0 Å². The van der Waals surface area contributed by atoms with Crippen molar-refractivity contribution in [2.45, 2.75) is 0 Å². The molecule has 0 radical (unpaired) electrons. The van der Waals surface area contributed by atoms with Crippen LogP contribution in [0.15, 0.2) is 158 Å². The number of para-hydroxylation sites is 4. The molecular formula is C43H29N3. The van der Waals surface area contributed by atoms with E-state index >= 15 is 0 Å². The minimum absolute atomic E-state index is 1.16. The van der Waals surface area contributed by atoms with Crippen molar-refractivity contribution in [2.75, 3.05) is 11.9 Å². The van der Waals surface area contributed by atoms with Gasteiger partial charge in [-0.1, -0.05) is 115 Å². The molecule has 0 bridgehead atoms. The first-order chi connectivity index (χ1) is 22.8. The highest BCUT2D eigenvalue weighted by molar-refractivity contribution is 6.23. The molecule has 7 aromatic carbocycles. The molecule has 216 valence electrons. The monoisotopic (exact) mass is 587 g/mol. The molecule has 0 amide bonds. The fourth-order valence-corrected chi connectivity index (χ4v) is 7.97. The third-order valence-corrected chi connectivity index (χ3v) is 9.83. The van der Waals surface area contributed by atoms with Crippen molar-refractivity contribution in [3.8, 4) is 33.6 Å². The van der Waals surface area contributed by atoms with Gasteiger partial charge in [-0.05, 0) is 53.6 Å². The smallest absolute Gasteiger partial charge is 0.0785 e. The van der Waals surface area contributed by atoms with Crippen LogP contribution in [0.3, 0.4) is 0 Å². The molecule has 0 saturated carbocycles. The molecule has 0 fully saturated rings. The van der Waals surface area contributed by atoms with Gasteiger partial charge < -0.3 is 14.0 Å². The summed E-state index contributed by atoms with van der Waals surface area (Å²) in [7, 11) is 2.27. The van der Waals surface area contributed by atoms with E-state index in [0.29, 0.717) is 0 Å². The van der Waals surface area contributed by atoms with Gasteiger partial charge in [-0.25, -0.2) is 0 Å².